The highest BCUT2D eigenvalue weighted by atomic mass is 19.1. The normalized spacial score (nSPS) is 10.1. The van der Waals surface area contributed by atoms with Crippen LogP contribution in [-0.4, -0.2) is 10.2 Å². The Balaban J connectivity index is 2.48. The second-order valence-corrected chi connectivity index (χ2v) is 2.39. The molecule has 2 aromatic rings. The van der Waals surface area contributed by atoms with Gasteiger partial charge in [-0.15, -0.1) is 0 Å². The maximum absolute atomic E-state index is 12.7. The molecular weight excluding hydrogens is 155 g/mol. The molecule has 1 aromatic carbocycles. The van der Waals surface area contributed by atoms with Crippen molar-refractivity contribution in [1.82, 2.24) is 10.2 Å². The number of aromatic amines is 1. The van der Waals surface area contributed by atoms with Gasteiger partial charge in [0.25, 0.3) is 0 Å². The van der Waals surface area contributed by atoms with Crippen LogP contribution in [0.2, 0.25) is 0 Å². The first-order valence-corrected chi connectivity index (χ1v) is 3.53. The minimum atomic E-state index is -0.260. The van der Waals surface area contributed by atoms with E-state index in [9.17, 15) is 4.39 Å². The van der Waals surface area contributed by atoms with Gasteiger partial charge in [-0.2, -0.15) is 5.10 Å². The average Bonchev–Trinajstić information content (AvgIpc) is 2.56. The third-order valence-corrected chi connectivity index (χ3v) is 1.55. The van der Waals surface area contributed by atoms with Crippen molar-refractivity contribution in [1.29, 1.82) is 0 Å². The van der Waals surface area contributed by atoms with Gasteiger partial charge in [-0.25, -0.2) is 4.39 Å². The lowest BCUT2D eigenvalue weighted by molar-refractivity contribution is 0.628. The summed E-state index contributed by atoms with van der Waals surface area (Å²) < 4.78 is 12.7. The number of hydrogen-bond donors (Lipinski definition) is 1. The molecule has 3 heteroatoms. The predicted octanol–water partition coefficient (Wildman–Crippen LogP) is 2.02. The van der Waals surface area contributed by atoms with Crippen LogP contribution in [-0.2, 0) is 0 Å². The quantitative estimate of drug-likeness (QED) is 0.681. The summed E-state index contributed by atoms with van der Waals surface area (Å²) in [4.78, 5) is 0. The molecule has 0 saturated carbocycles. The highest BCUT2D eigenvalue weighted by Crippen LogP contribution is 2.15. The predicted molar refractivity (Wildman–Crippen MR) is 42.8 cm³/mol. The van der Waals surface area contributed by atoms with E-state index in [-0.39, 0.29) is 5.82 Å². The number of nitrogens with zero attached hydrogens (tertiary/aromatic N) is 1. The van der Waals surface area contributed by atoms with Gasteiger partial charge in [0.1, 0.15) is 11.5 Å². The standard InChI is InChI=1S/C9H6FN2/c10-8-3-1-2-7(6-8)9-4-5-11-12-9/h1-3,5-6H,(H,11,12). The van der Waals surface area contributed by atoms with Crippen LogP contribution >= 0.6 is 0 Å². The van der Waals surface area contributed by atoms with E-state index in [0.717, 1.165) is 5.56 Å². The molecule has 1 aromatic heterocycles. The summed E-state index contributed by atoms with van der Waals surface area (Å²) in [7, 11) is 0. The number of nitrogens with one attached hydrogen (secondary N) is 1. The Morgan fingerprint density at radius 2 is 2.33 bits per heavy atom. The van der Waals surface area contributed by atoms with Crippen LogP contribution in [0.1, 0.15) is 0 Å². The Labute approximate surface area is 69.1 Å². The van der Waals surface area contributed by atoms with Crippen molar-refractivity contribution in [3.05, 3.63) is 42.3 Å². The van der Waals surface area contributed by atoms with E-state index >= 15 is 0 Å². The molecule has 1 heterocycles. The molecule has 1 radical (unpaired) electrons. The highest BCUT2D eigenvalue weighted by molar-refractivity contribution is 5.57. The van der Waals surface area contributed by atoms with Gasteiger partial charge in [0.05, 0.1) is 0 Å². The average molecular weight is 161 g/mol. The molecule has 59 valence electrons. The molecular formula is C9H6FN2. The summed E-state index contributed by atoms with van der Waals surface area (Å²) in [6, 6.07) is 9.10. The summed E-state index contributed by atoms with van der Waals surface area (Å²) >= 11 is 0. The fraction of sp³-hybridized carbons (Fsp3) is 0. The first-order valence-electron chi connectivity index (χ1n) is 3.53. The summed E-state index contributed by atoms with van der Waals surface area (Å²) in [5.41, 5.74) is 1.37. The third kappa shape index (κ3) is 1.21. The van der Waals surface area contributed by atoms with E-state index in [0.29, 0.717) is 5.69 Å². The highest BCUT2D eigenvalue weighted by Gasteiger charge is 1.99. The maximum Gasteiger partial charge on any atom is 0.123 e. The van der Waals surface area contributed by atoms with Gasteiger partial charge in [-0.1, -0.05) is 12.1 Å². The van der Waals surface area contributed by atoms with Crippen LogP contribution in [0.4, 0.5) is 4.39 Å². The SMILES string of the molecule is Fc1cccc(-c2[c]c[nH]n2)c1. The maximum atomic E-state index is 12.7. The molecule has 12 heavy (non-hydrogen) atoms. The third-order valence-electron chi connectivity index (χ3n) is 1.55. The number of hydrogen-bond acceptors (Lipinski definition) is 1. The van der Waals surface area contributed by atoms with Gasteiger partial charge in [-0.05, 0) is 12.1 Å². The van der Waals surface area contributed by atoms with Crippen molar-refractivity contribution >= 4 is 0 Å². The van der Waals surface area contributed by atoms with Crippen molar-refractivity contribution in [2.24, 2.45) is 0 Å². The van der Waals surface area contributed by atoms with Crippen LogP contribution in [0.3, 0.4) is 0 Å². The molecule has 0 spiro atoms. The van der Waals surface area contributed by atoms with Gasteiger partial charge >= 0.3 is 0 Å². The topological polar surface area (TPSA) is 28.7 Å². The summed E-state index contributed by atoms with van der Waals surface area (Å²) in [6.07, 6.45) is 1.58. The van der Waals surface area contributed by atoms with E-state index in [2.05, 4.69) is 16.3 Å². The molecule has 2 nitrogen and oxygen atoms in total. The van der Waals surface area contributed by atoms with Crippen molar-refractivity contribution in [2.75, 3.05) is 0 Å². The van der Waals surface area contributed by atoms with E-state index in [1.54, 1.807) is 18.3 Å². The number of H-pyrrole nitrogens is 1. The number of rotatable bonds is 1. The van der Waals surface area contributed by atoms with Gasteiger partial charge in [0, 0.05) is 17.8 Å². The first kappa shape index (κ1) is 7.03. The van der Waals surface area contributed by atoms with Gasteiger partial charge < -0.3 is 0 Å². The Hall–Kier alpha value is -1.64. The fourth-order valence-corrected chi connectivity index (χ4v) is 1.01. The fourth-order valence-electron chi connectivity index (χ4n) is 1.01. The molecule has 0 saturated heterocycles. The Kier molecular flexibility index (Phi) is 1.63. The minimum Gasteiger partial charge on any atom is -0.284 e. The van der Waals surface area contributed by atoms with E-state index in [1.807, 2.05) is 0 Å². The molecule has 0 unspecified atom stereocenters. The monoisotopic (exact) mass is 161 g/mol. The van der Waals surface area contributed by atoms with Crippen LogP contribution in [0.25, 0.3) is 11.3 Å². The Bertz CT molecular complexity index is 368. The van der Waals surface area contributed by atoms with Crippen LogP contribution in [0.15, 0.2) is 30.5 Å². The van der Waals surface area contributed by atoms with Crippen LogP contribution in [0.5, 0.6) is 0 Å². The van der Waals surface area contributed by atoms with Gasteiger partial charge in [0.15, 0.2) is 0 Å². The lowest BCUT2D eigenvalue weighted by Crippen LogP contribution is -1.79. The summed E-state index contributed by atoms with van der Waals surface area (Å²) in [5, 5.41) is 6.50. The molecule has 1 N–H and O–H groups in total. The van der Waals surface area contributed by atoms with Gasteiger partial charge in [-0.3, -0.25) is 5.10 Å². The van der Waals surface area contributed by atoms with Crippen LogP contribution < -0.4 is 0 Å². The molecule has 0 aliphatic heterocycles. The zero-order valence-corrected chi connectivity index (χ0v) is 6.21. The van der Waals surface area contributed by atoms with Crippen molar-refractivity contribution in [3.8, 4) is 11.3 Å². The van der Waals surface area contributed by atoms with Crippen LogP contribution in [0, 0.1) is 11.9 Å². The number of aromatic nitrogens is 2. The second-order valence-electron chi connectivity index (χ2n) is 2.39. The zero-order valence-electron chi connectivity index (χ0n) is 6.21. The summed E-state index contributed by atoms with van der Waals surface area (Å²) in [6.45, 7) is 0. The van der Waals surface area contributed by atoms with Crippen molar-refractivity contribution < 1.29 is 4.39 Å². The Morgan fingerprint density at radius 1 is 1.42 bits per heavy atom. The van der Waals surface area contributed by atoms with Crippen molar-refractivity contribution in [3.63, 3.8) is 0 Å². The molecule has 0 aliphatic carbocycles. The number of benzene rings is 1. The lowest BCUT2D eigenvalue weighted by atomic mass is 10.1. The van der Waals surface area contributed by atoms with Crippen molar-refractivity contribution in [2.45, 2.75) is 0 Å². The molecule has 0 bridgehead atoms. The first-order chi connectivity index (χ1) is 5.86. The molecule has 0 aliphatic rings. The van der Waals surface area contributed by atoms with Gasteiger partial charge in [0.2, 0.25) is 0 Å². The largest absolute Gasteiger partial charge is 0.284 e. The number of halogens is 1. The molecule has 2 rings (SSSR count). The minimum absolute atomic E-state index is 0.260. The Morgan fingerprint density at radius 3 is 3.00 bits per heavy atom. The smallest absolute Gasteiger partial charge is 0.123 e. The summed E-state index contributed by atoms with van der Waals surface area (Å²) in [5.74, 6) is -0.260. The van der Waals surface area contributed by atoms with E-state index in [4.69, 9.17) is 0 Å². The molecule has 0 amide bonds. The zero-order chi connectivity index (χ0) is 8.39. The molecule has 0 fully saturated rings. The second kappa shape index (κ2) is 2.77. The van der Waals surface area contributed by atoms with E-state index in [1.165, 1.54) is 12.1 Å². The van der Waals surface area contributed by atoms with E-state index < -0.39 is 0 Å². The molecule has 0 atom stereocenters. The lowest BCUT2D eigenvalue weighted by Gasteiger charge is -1.94.